The van der Waals surface area contributed by atoms with Crippen LogP contribution in [0.3, 0.4) is 0 Å². The number of hydrogen-bond donors (Lipinski definition) is 0. The molecule has 3 aromatic rings. The Balaban J connectivity index is 1.64. The Labute approximate surface area is 180 Å². The second kappa shape index (κ2) is 10.2. The molecule has 6 nitrogen and oxygen atoms in total. The lowest BCUT2D eigenvalue weighted by atomic mass is 10.1. The van der Waals surface area contributed by atoms with E-state index in [0.29, 0.717) is 29.4 Å². The molecule has 1 amide bonds. The van der Waals surface area contributed by atoms with Gasteiger partial charge in [-0.25, -0.2) is 4.39 Å². The molecule has 3 rings (SSSR count). The quantitative estimate of drug-likeness (QED) is 0.493. The summed E-state index contributed by atoms with van der Waals surface area (Å²) < 4.78 is 30.4. The Morgan fingerprint density at radius 1 is 1.06 bits per heavy atom. The van der Waals surface area contributed by atoms with E-state index in [1.54, 1.807) is 57.8 Å². The van der Waals surface area contributed by atoms with Crippen molar-refractivity contribution in [1.82, 2.24) is 9.88 Å². The van der Waals surface area contributed by atoms with Gasteiger partial charge in [0.2, 0.25) is 5.91 Å². The van der Waals surface area contributed by atoms with E-state index in [-0.39, 0.29) is 11.7 Å². The van der Waals surface area contributed by atoms with Crippen LogP contribution in [0, 0.1) is 5.82 Å². The number of aromatic nitrogens is 1. The van der Waals surface area contributed by atoms with Crippen LogP contribution in [0.1, 0.15) is 11.1 Å². The largest absolute Gasteiger partial charge is 0.497 e. The summed E-state index contributed by atoms with van der Waals surface area (Å²) in [6.07, 6.45) is 6.06. The summed E-state index contributed by atoms with van der Waals surface area (Å²) in [5.74, 6) is 1.07. The number of likely N-dealkylation sites (N-methyl/N-ethyl adjacent to an activating group) is 1. The van der Waals surface area contributed by atoms with Gasteiger partial charge in [-0.15, -0.1) is 0 Å². The topological polar surface area (TPSA) is 60.9 Å². The summed E-state index contributed by atoms with van der Waals surface area (Å²) in [6, 6.07) is 13.3. The molecule has 0 fully saturated rings. The monoisotopic (exact) mass is 422 g/mol. The van der Waals surface area contributed by atoms with Gasteiger partial charge >= 0.3 is 0 Å². The number of hydrogen-bond acceptors (Lipinski definition) is 5. The minimum absolute atomic E-state index is 0.0835. The zero-order chi connectivity index (χ0) is 22.2. The summed E-state index contributed by atoms with van der Waals surface area (Å²) in [5.41, 5.74) is 1.38. The van der Waals surface area contributed by atoms with Crippen molar-refractivity contribution in [3.63, 3.8) is 0 Å². The van der Waals surface area contributed by atoms with Crippen LogP contribution in [0.15, 0.2) is 67.0 Å². The maximum atomic E-state index is 14.4. The Kier molecular flexibility index (Phi) is 7.22. The average molecular weight is 422 g/mol. The number of benzene rings is 2. The first-order chi connectivity index (χ1) is 15.0. The summed E-state index contributed by atoms with van der Waals surface area (Å²) in [4.78, 5) is 18.0. The zero-order valence-corrected chi connectivity index (χ0v) is 17.5. The van der Waals surface area contributed by atoms with Crippen molar-refractivity contribution >= 4 is 12.0 Å². The fraction of sp³-hybridized carbons (Fsp3) is 0.167. The SMILES string of the molecule is COc1ccc(CN(C)C(=O)/C=C/c2ccc(Oc3cccnc3)c(F)c2)c(OC)c1. The lowest BCUT2D eigenvalue weighted by Crippen LogP contribution is -2.24. The summed E-state index contributed by atoms with van der Waals surface area (Å²) >= 11 is 0. The van der Waals surface area contributed by atoms with Crippen molar-refractivity contribution in [2.45, 2.75) is 6.54 Å². The number of halogens is 1. The predicted octanol–water partition coefficient (Wildman–Crippen LogP) is 4.70. The molecule has 0 radical (unpaired) electrons. The highest BCUT2D eigenvalue weighted by Crippen LogP contribution is 2.26. The third kappa shape index (κ3) is 5.82. The Bertz CT molecular complexity index is 1070. The lowest BCUT2D eigenvalue weighted by molar-refractivity contribution is -0.125. The molecule has 0 atom stereocenters. The minimum atomic E-state index is -0.533. The van der Waals surface area contributed by atoms with E-state index in [4.69, 9.17) is 14.2 Å². The van der Waals surface area contributed by atoms with Gasteiger partial charge in [-0.3, -0.25) is 9.78 Å². The predicted molar refractivity (Wildman–Crippen MR) is 116 cm³/mol. The van der Waals surface area contributed by atoms with Gasteiger partial charge in [0.25, 0.3) is 0 Å². The summed E-state index contributed by atoms with van der Waals surface area (Å²) in [7, 11) is 4.83. The first kappa shape index (κ1) is 21.8. The number of methoxy groups -OCH3 is 2. The van der Waals surface area contributed by atoms with E-state index in [2.05, 4.69) is 4.98 Å². The van der Waals surface area contributed by atoms with Crippen LogP contribution < -0.4 is 14.2 Å². The number of amides is 1. The lowest BCUT2D eigenvalue weighted by Gasteiger charge is -2.17. The highest BCUT2D eigenvalue weighted by atomic mass is 19.1. The number of carbonyl (C=O) groups is 1. The second-order valence-corrected chi connectivity index (χ2v) is 6.69. The van der Waals surface area contributed by atoms with Crippen LogP contribution in [0.2, 0.25) is 0 Å². The third-order valence-corrected chi connectivity index (χ3v) is 4.51. The smallest absolute Gasteiger partial charge is 0.246 e. The van der Waals surface area contributed by atoms with Crippen LogP contribution >= 0.6 is 0 Å². The summed E-state index contributed by atoms with van der Waals surface area (Å²) in [5, 5.41) is 0. The second-order valence-electron chi connectivity index (χ2n) is 6.69. The molecular formula is C24H23FN2O4. The Morgan fingerprint density at radius 2 is 1.90 bits per heavy atom. The van der Waals surface area contributed by atoms with E-state index >= 15 is 0 Å². The van der Waals surface area contributed by atoms with Gasteiger partial charge in [0.05, 0.1) is 20.4 Å². The molecule has 0 aliphatic carbocycles. The van der Waals surface area contributed by atoms with Crippen LogP contribution in [0.25, 0.3) is 6.08 Å². The Hall–Kier alpha value is -3.87. The molecule has 0 saturated heterocycles. The van der Waals surface area contributed by atoms with E-state index in [1.165, 1.54) is 29.3 Å². The number of pyridine rings is 1. The van der Waals surface area contributed by atoms with Gasteiger partial charge in [0.15, 0.2) is 11.6 Å². The van der Waals surface area contributed by atoms with Crippen molar-refractivity contribution in [2.24, 2.45) is 0 Å². The average Bonchev–Trinajstić information content (AvgIpc) is 2.80. The van der Waals surface area contributed by atoms with Crippen molar-refractivity contribution in [3.05, 3.63) is 83.9 Å². The normalized spacial score (nSPS) is 10.7. The van der Waals surface area contributed by atoms with Gasteiger partial charge < -0.3 is 19.1 Å². The fourth-order valence-electron chi connectivity index (χ4n) is 2.85. The molecule has 7 heteroatoms. The third-order valence-electron chi connectivity index (χ3n) is 4.51. The maximum absolute atomic E-state index is 14.4. The zero-order valence-electron chi connectivity index (χ0n) is 17.5. The molecule has 0 unspecified atom stereocenters. The molecule has 0 spiro atoms. The molecular weight excluding hydrogens is 399 g/mol. The van der Waals surface area contributed by atoms with Crippen LogP contribution in [0.4, 0.5) is 4.39 Å². The number of ether oxygens (including phenoxy) is 3. The van der Waals surface area contributed by atoms with Gasteiger partial charge in [-0.05, 0) is 48.0 Å². The van der Waals surface area contributed by atoms with E-state index in [0.717, 1.165) is 5.56 Å². The van der Waals surface area contributed by atoms with Crippen molar-refractivity contribution in [3.8, 4) is 23.0 Å². The van der Waals surface area contributed by atoms with E-state index in [1.807, 2.05) is 12.1 Å². The molecule has 2 aromatic carbocycles. The number of carbonyl (C=O) groups excluding carboxylic acids is 1. The maximum Gasteiger partial charge on any atom is 0.246 e. The number of nitrogens with zero attached hydrogens (tertiary/aromatic N) is 2. The molecule has 31 heavy (non-hydrogen) atoms. The van der Waals surface area contributed by atoms with Gasteiger partial charge in [0.1, 0.15) is 17.2 Å². The number of rotatable bonds is 8. The summed E-state index contributed by atoms with van der Waals surface area (Å²) in [6.45, 7) is 0.350. The highest BCUT2D eigenvalue weighted by molar-refractivity contribution is 5.91. The molecule has 0 N–H and O–H groups in total. The molecule has 1 heterocycles. The molecule has 0 bridgehead atoms. The molecule has 1 aromatic heterocycles. The highest BCUT2D eigenvalue weighted by Gasteiger charge is 2.11. The molecule has 0 aliphatic rings. The van der Waals surface area contributed by atoms with Crippen molar-refractivity contribution in [1.29, 1.82) is 0 Å². The molecule has 0 aliphatic heterocycles. The van der Waals surface area contributed by atoms with Crippen LogP contribution in [0.5, 0.6) is 23.0 Å². The van der Waals surface area contributed by atoms with Crippen molar-refractivity contribution < 1.29 is 23.4 Å². The Morgan fingerprint density at radius 3 is 2.58 bits per heavy atom. The fourth-order valence-corrected chi connectivity index (χ4v) is 2.85. The van der Waals surface area contributed by atoms with Crippen LogP contribution in [-0.2, 0) is 11.3 Å². The minimum Gasteiger partial charge on any atom is -0.497 e. The van der Waals surface area contributed by atoms with Gasteiger partial charge in [-0.1, -0.05) is 6.07 Å². The standard InChI is InChI=1S/C24H23FN2O4/c1-27(16-18-8-9-19(29-2)14-23(18)30-3)24(28)11-7-17-6-10-22(21(25)13-17)31-20-5-4-12-26-15-20/h4-15H,16H2,1-3H3/b11-7+. The van der Waals surface area contributed by atoms with Gasteiger partial charge in [-0.2, -0.15) is 0 Å². The first-order valence-corrected chi connectivity index (χ1v) is 9.51. The molecule has 160 valence electrons. The van der Waals surface area contributed by atoms with Crippen molar-refractivity contribution in [2.75, 3.05) is 21.3 Å². The van der Waals surface area contributed by atoms with E-state index in [9.17, 15) is 9.18 Å². The van der Waals surface area contributed by atoms with Crippen LogP contribution in [-0.4, -0.2) is 37.1 Å². The van der Waals surface area contributed by atoms with E-state index < -0.39 is 5.82 Å². The molecule has 0 saturated carbocycles. The van der Waals surface area contributed by atoms with Gasteiger partial charge in [0, 0.05) is 37.5 Å². The first-order valence-electron chi connectivity index (χ1n) is 9.51.